The fraction of sp³-hybridized carbons (Fsp3) is 0.167. The molecular weight excluding hydrogens is 180 g/mol. The first-order chi connectivity index (χ1) is 5.75. The summed E-state index contributed by atoms with van der Waals surface area (Å²) in [6.45, 7) is 3.65. The number of carboxylic acid groups (broad SMARTS) is 1. The molecule has 0 fully saturated rings. The first kappa shape index (κ1) is 8.66. The van der Waals surface area contributed by atoms with Gasteiger partial charge in [-0.25, -0.2) is 4.79 Å². The quantitative estimate of drug-likeness (QED) is 0.704. The number of rotatable bonds is 4. The summed E-state index contributed by atoms with van der Waals surface area (Å²) in [5.41, 5.74) is -0.151. The molecule has 6 heteroatoms. The van der Waals surface area contributed by atoms with E-state index < -0.39 is 5.97 Å². The Balaban J connectivity index is 2.76. The summed E-state index contributed by atoms with van der Waals surface area (Å²) in [5, 5.41) is 8.55. The van der Waals surface area contributed by atoms with Crippen molar-refractivity contribution in [3.63, 3.8) is 0 Å². The molecule has 0 aliphatic rings. The standard InChI is InChI=1S/C6H6N2O3S/c1-2-3-11-5-4(6(9)10)7-12-8-5/h2H,1,3H2,(H,9,10). The number of hydrogen-bond acceptors (Lipinski definition) is 5. The topological polar surface area (TPSA) is 72.3 Å². The van der Waals surface area contributed by atoms with Gasteiger partial charge in [0.05, 0.1) is 11.7 Å². The van der Waals surface area contributed by atoms with Crippen LogP contribution in [0.3, 0.4) is 0 Å². The second-order valence-corrected chi connectivity index (χ2v) is 2.35. The van der Waals surface area contributed by atoms with Crippen LogP contribution in [0.4, 0.5) is 0 Å². The van der Waals surface area contributed by atoms with Crippen LogP contribution in [0.25, 0.3) is 0 Å². The van der Waals surface area contributed by atoms with E-state index in [0.29, 0.717) is 0 Å². The molecule has 0 aliphatic heterocycles. The van der Waals surface area contributed by atoms with E-state index in [1.165, 1.54) is 6.08 Å². The van der Waals surface area contributed by atoms with Gasteiger partial charge in [0.1, 0.15) is 6.61 Å². The number of aromatic nitrogens is 2. The van der Waals surface area contributed by atoms with Crippen LogP contribution < -0.4 is 4.74 Å². The lowest BCUT2D eigenvalue weighted by Gasteiger charge is -1.96. The Bertz CT molecular complexity index is 297. The average molecular weight is 186 g/mol. The third-order valence-electron chi connectivity index (χ3n) is 0.999. The molecule has 1 aromatic heterocycles. The molecule has 0 radical (unpaired) electrons. The van der Waals surface area contributed by atoms with Gasteiger partial charge >= 0.3 is 5.97 Å². The predicted octanol–water partition coefficient (Wildman–Crippen LogP) is 0.801. The zero-order chi connectivity index (χ0) is 8.97. The van der Waals surface area contributed by atoms with E-state index in [2.05, 4.69) is 15.3 Å². The third-order valence-corrected chi connectivity index (χ3v) is 1.51. The van der Waals surface area contributed by atoms with Gasteiger partial charge in [-0.05, 0) is 0 Å². The maximum Gasteiger partial charge on any atom is 0.361 e. The largest absolute Gasteiger partial charge is 0.476 e. The Labute approximate surface area is 72.6 Å². The molecule has 1 rings (SSSR count). The fourth-order valence-electron chi connectivity index (χ4n) is 0.544. The van der Waals surface area contributed by atoms with E-state index in [4.69, 9.17) is 9.84 Å². The van der Waals surface area contributed by atoms with Crippen LogP contribution in [0.1, 0.15) is 10.5 Å². The number of nitrogens with zero attached hydrogens (tertiary/aromatic N) is 2. The van der Waals surface area contributed by atoms with Crippen LogP contribution in [-0.4, -0.2) is 26.4 Å². The predicted molar refractivity (Wildman–Crippen MR) is 42.6 cm³/mol. The third kappa shape index (κ3) is 1.79. The Morgan fingerprint density at radius 2 is 2.50 bits per heavy atom. The van der Waals surface area contributed by atoms with E-state index in [-0.39, 0.29) is 18.2 Å². The highest BCUT2D eigenvalue weighted by molar-refractivity contribution is 6.99. The van der Waals surface area contributed by atoms with Crippen LogP contribution in [0.5, 0.6) is 5.88 Å². The summed E-state index contributed by atoms with van der Waals surface area (Å²) in [6.07, 6.45) is 1.50. The van der Waals surface area contributed by atoms with E-state index in [9.17, 15) is 4.79 Å². The molecule has 12 heavy (non-hydrogen) atoms. The molecule has 0 aromatic carbocycles. The van der Waals surface area contributed by atoms with E-state index >= 15 is 0 Å². The molecule has 1 N–H and O–H groups in total. The second kappa shape index (κ2) is 3.82. The Kier molecular flexibility index (Phi) is 2.76. The number of ether oxygens (including phenoxy) is 1. The van der Waals surface area contributed by atoms with Crippen molar-refractivity contribution >= 4 is 17.7 Å². The zero-order valence-corrected chi connectivity index (χ0v) is 6.87. The molecule has 1 aromatic rings. The molecular formula is C6H6N2O3S. The van der Waals surface area contributed by atoms with Gasteiger partial charge in [0.2, 0.25) is 5.69 Å². The van der Waals surface area contributed by atoms with Crippen molar-refractivity contribution in [3.8, 4) is 5.88 Å². The van der Waals surface area contributed by atoms with Crippen molar-refractivity contribution in [3.05, 3.63) is 18.3 Å². The number of carboxylic acids is 1. The summed E-state index contributed by atoms with van der Waals surface area (Å²) < 4.78 is 12.1. The first-order valence-electron chi connectivity index (χ1n) is 3.05. The van der Waals surface area contributed by atoms with Crippen molar-refractivity contribution in [2.24, 2.45) is 0 Å². The monoisotopic (exact) mass is 186 g/mol. The molecule has 0 atom stereocenters. The number of carbonyl (C=O) groups is 1. The number of aromatic carboxylic acids is 1. The van der Waals surface area contributed by atoms with Crippen LogP contribution in [-0.2, 0) is 0 Å². The number of hydrogen-bond donors (Lipinski definition) is 1. The lowest BCUT2D eigenvalue weighted by atomic mass is 10.5. The van der Waals surface area contributed by atoms with E-state index in [1.807, 2.05) is 0 Å². The molecule has 5 nitrogen and oxygen atoms in total. The molecule has 0 saturated carbocycles. The normalized spacial score (nSPS) is 9.33. The molecule has 0 amide bonds. The SMILES string of the molecule is C=CCOc1nsnc1C(=O)O. The van der Waals surface area contributed by atoms with Crippen molar-refractivity contribution in [2.45, 2.75) is 0 Å². The van der Waals surface area contributed by atoms with Crippen molar-refractivity contribution in [1.82, 2.24) is 8.75 Å². The second-order valence-electron chi connectivity index (χ2n) is 1.82. The summed E-state index contributed by atoms with van der Waals surface area (Å²) in [6, 6.07) is 0. The van der Waals surface area contributed by atoms with Crippen molar-refractivity contribution in [1.29, 1.82) is 0 Å². The van der Waals surface area contributed by atoms with E-state index in [0.717, 1.165) is 11.7 Å². The Morgan fingerprint density at radius 3 is 3.08 bits per heavy atom. The fourth-order valence-corrected chi connectivity index (χ4v) is 1.04. The van der Waals surface area contributed by atoms with E-state index in [1.54, 1.807) is 0 Å². The summed E-state index contributed by atoms with van der Waals surface area (Å²) >= 11 is 0.805. The highest BCUT2D eigenvalue weighted by Gasteiger charge is 2.15. The summed E-state index contributed by atoms with van der Waals surface area (Å²) in [7, 11) is 0. The van der Waals surface area contributed by atoms with Gasteiger partial charge < -0.3 is 9.84 Å². The summed E-state index contributed by atoms with van der Waals surface area (Å²) in [4.78, 5) is 10.4. The summed E-state index contributed by atoms with van der Waals surface area (Å²) in [5.74, 6) is -1.09. The first-order valence-corrected chi connectivity index (χ1v) is 3.78. The van der Waals surface area contributed by atoms with Gasteiger partial charge in [0.15, 0.2) is 0 Å². The minimum absolute atomic E-state index is 0.0485. The average Bonchev–Trinajstić information content (AvgIpc) is 2.48. The van der Waals surface area contributed by atoms with Gasteiger partial charge in [-0.1, -0.05) is 12.7 Å². The van der Waals surface area contributed by atoms with Crippen LogP contribution in [0.15, 0.2) is 12.7 Å². The molecule has 64 valence electrons. The Morgan fingerprint density at radius 1 is 1.75 bits per heavy atom. The molecule has 0 saturated heterocycles. The van der Waals surface area contributed by atoms with Crippen molar-refractivity contribution < 1.29 is 14.6 Å². The highest BCUT2D eigenvalue weighted by atomic mass is 32.1. The molecule has 0 spiro atoms. The van der Waals surface area contributed by atoms with Gasteiger partial charge in [-0.2, -0.15) is 4.37 Å². The van der Waals surface area contributed by atoms with Crippen LogP contribution in [0, 0.1) is 0 Å². The van der Waals surface area contributed by atoms with Gasteiger partial charge in [0.25, 0.3) is 5.88 Å². The molecule has 1 heterocycles. The molecule has 0 unspecified atom stereocenters. The maximum atomic E-state index is 10.4. The minimum atomic E-state index is -1.14. The van der Waals surface area contributed by atoms with Gasteiger partial charge in [-0.3, -0.25) is 0 Å². The van der Waals surface area contributed by atoms with Crippen molar-refractivity contribution in [2.75, 3.05) is 6.61 Å². The minimum Gasteiger partial charge on any atom is -0.476 e. The maximum absolute atomic E-state index is 10.4. The molecule has 0 aliphatic carbocycles. The Hall–Kier alpha value is -1.43. The molecule has 0 bridgehead atoms. The smallest absolute Gasteiger partial charge is 0.361 e. The highest BCUT2D eigenvalue weighted by Crippen LogP contribution is 2.14. The van der Waals surface area contributed by atoms with Crippen LogP contribution >= 0.6 is 11.7 Å². The van der Waals surface area contributed by atoms with Crippen LogP contribution in [0.2, 0.25) is 0 Å². The lowest BCUT2D eigenvalue weighted by Crippen LogP contribution is -2.02. The zero-order valence-electron chi connectivity index (χ0n) is 6.06. The lowest BCUT2D eigenvalue weighted by molar-refractivity contribution is 0.0687. The van der Waals surface area contributed by atoms with Gasteiger partial charge in [0, 0.05) is 0 Å². The van der Waals surface area contributed by atoms with Gasteiger partial charge in [-0.15, -0.1) is 4.37 Å².